The standard InChI is InChI=1S/C22H27N3O2/c1-21(2)9-14-19(16(26)11-21)18(13-5-7-24-8-6-13)20-15(25(14)23)10-22(3,4)12-17(20)27/h5-8,18H,9-12,23H2,1-4H3. The molecule has 0 radical (unpaired) electrons. The molecule has 2 N–H and O–H groups in total. The van der Waals surface area contributed by atoms with Gasteiger partial charge in [-0.1, -0.05) is 27.7 Å². The van der Waals surface area contributed by atoms with E-state index in [0.717, 1.165) is 29.8 Å². The average Bonchev–Trinajstić information content (AvgIpc) is 2.56. The summed E-state index contributed by atoms with van der Waals surface area (Å²) in [5.41, 5.74) is 3.83. The molecule has 0 unspecified atom stereocenters. The molecule has 0 aromatic carbocycles. The van der Waals surface area contributed by atoms with Gasteiger partial charge in [0.15, 0.2) is 11.6 Å². The number of ketones is 2. The predicted molar refractivity (Wildman–Crippen MR) is 103 cm³/mol. The van der Waals surface area contributed by atoms with Crippen molar-refractivity contribution in [3.8, 4) is 0 Å². The van der Waals surface area contributed by atoms with Gasteiger partial charge in [-0.05, 0) is 41.4 Å². The van der Waals surface area contributed by atoms with Gasteiger partial charge in [0.2, 0.25) is 0 Å². The second kappa shape index (κ2) is 5.86. The zero-order valence-electron chi connectivity index (χ0n) is 16.5. The van der Waals surface area contributed by atoms with Gasteiger partial charge in [-0.2, -0.15) is 0 Å². The first-order valence-corrected chi connectivity index (χ1v) is 9.57. The van der Waals surface area contributed by atoms with Gasteiger partial charge in [0.25, 0.3) is 0 Å². The first kappa shape index (κ1) is 18.1. The lowest BCUT2D eigenvalue weighted by Gasteiger charge is -2.47. The van der Waals surface area contributed by atoms with Gasteiger partial charge in [0.05, 0.1) is 0 Å². The molecule has 0 atom stereocenters. The Morgan fingerprint density at radius 3 is 1.78 bits per heavy atom. The molecule has 5 nitrogen and oxygen atoms in total. The molecule has 4 rings (SSSR count). The van der Waals surface area contributed by atoms with Crippen molar-refractivity contribution in [3.63, 3.8) is 0 Å². The topological polar surface area (TPSA) is 76.3 Å². The van der Waals surface area contributed by atoms with E-state index in [0.29, 0.717) is 24.0 Å². The van der Waals surface area contributed by atoms with E-state index in [2.05, 4.69) is 32.7 Å². The number of hydrogen-bond acceptors (Lipinski definition) is 5. The summed E-state index contributed by atoms with van der Waals surface area (Å²) in [5.74, 6) is 6.42. The molecule has 142 valence electrons. The highest BCUT2D eigenvalue weighted by Gasteiger charge is 2.48. The van der Waals surface area contributed by atoms with Crippen LogP contribution in [-0.2, 0) is 9.59 Å². The third-order valence-corrected chi connectivity index (χ3v) is 5.99. The van der Waals surface area contributed by atoms with E-state index in [1.807, 2.05) is 12.1 Å². The summed E-state index contributed by atoms with van der Waals surface area (Å²) in [6, 6.07) is 3.82. The molecule has 0 spiro atoms. The van der Waals surface area contributed by atoms with Crippen LogP contribution in [0.4, 0.5) is 0 Å². The van der Waals surface area contributed by atoms with Crippen LogP contribution in [0.2, 0.25) is 0 Å². The Hall–Kier alpha value is -2.27. The minimum atomic E-state index is -0.329. The van der Waals surface area contributed by atoms with Gasteiger partial charge in [0.1, 0.15) is 0 Å². The molecule has 1 aromatic rings. The highest BCUT2D eigenvalue weighted by Crippen LogP contribution is 2.53. The van der Waals surface area contributed by atoms with Crippen molar-refractivity contribution in [2.24, 2.45) is 16.7 Å². The van der Waals surface area contributed by atoms with Crippen LogP contribution in [0.1, 0.15) is 64.9 Å². The van der Waals surface area contributed by atoms with Crippen LogP contribution < -0.4 is 5.84 Å². The van der Waals surface area contributed by atoms with Crippen molar-refractivity contribution >= 4 is 11.6 Å². The first-order chi connectivity index (χ1) is 12.6. The summed E-state index contributed by atoms with van der Waals surface area (Å²) in [4.78, 5) is 30.5. The van der Waals surface area contributed by atoms with E-state index in [4.69, 9.17) is 5.84 Å². The number of carbonyl (C=O) groups excluding carboxylic acids is 2. The molecule has 0 fully saturated rings. The van der Waals surface area contributed by atoms with Crippen LogP contribution in [0, 0.1) is 10.8 Å². The summed E-state index contributed by atoms with van der Waals surface area (Å²) >= 11 is 0. The fourth-order valence-corrected chi connectivity index (χ4v) is 4.89. The molecule has 5 heteroatoms. The number of hydrogen-bond donors (Lipinski definition) is 1. The number of Topliss-reactive ketones (excluding diaryl/α,β-unsaturated/α-hetero) is 2. The number of carbonyl (C=O) groups is 2. The van der Waals surface area contributed by atoms with Crippen molar-refractivity contribution in [1.29, 1.82) is 0 Å². The molecule has 1 aliphatic heterocycles. The first-order valence-electron chi connectivity index (χ1n) is 9.57. The fraction of sp³-hybridized carbons (Fsp3) is 0.500. The fourth-order valence-electron chi connectivity index (χ4n) is 4.89. The SMILES string of the molecule is CC1(C)CC(=O)C2=C(C1)N(N)C1=C(C(=O)CC(C)(C)C1)C2c1ccncc1. The Labute approximate surface area is 160 Å². The number of pyridine rings is 1. The zero-order valence-corrected chi connectivity index (χ0v) is 16.5. The maximum absolute atomic E-state index is 13.2. The van der Waals surface area contributed by atoms with Gasteiger partial charge in [0, 0.05) is 53.7 Å². The van der Waals surface area contributed by atoms with E-state index in [1.165, 1.54) is 0 Å². The van der Waals surface area contributed by atoms with Gasteiger partial charge >= 0.3 is 0 Å². The van der Waals surface area contributed by atoms with E-state index >= 15 is 0 Å². The van der Waals surface area contributed by atoms with Crippen molar-refractivity contribution in [3.05, 3.63) is 52.6 Å². The molecule has 2 aliphatic carbocycles. The predicted octanol–water partition coefficient (Wildman–Crippen LogP) is 3.64. The Morgan fingerprint density at radius 1 is 0.889 bits per heavy atom. The zero-order chi connectivity index (χ0) is 19.6. The summed E-state index contributed by atoms with van der Waals surface area (Å²) in [6.07, 6.45) is 5.86. The maximum atomic E-state index is 13.2. The van der Waals surface area contributed by atoms with Crippen LogP contribution in [0.3, 0.4) is 0 Å². The molecular weight excluding hydrogens is 338 g/mol. The summed E-state index contributed by atoms with van der Waals surface area (Å²) in [7, 11) is 0. The van der Waals surface area contributed by atoms with E-state index in [1.54, 1.807) is 17.4 Å². The van der Waals surface area contributed by atoms with Crippen LogP contribution in [0.15, 0.2) is 47.1 Å². The minimum absolute atomic E-state index is 0.0997. The van der Waals surface area contributed by atoms with Crippen molar-refractivity contribution < 1.29 is 9.59 Å². The Balaban J connectivity index is 1.96. The van der Waals surface area contributed by atoms with Crippen molar-refractivity contribution in [1.82, 2.24) is 9.99 Å². The molecule has 27 heavy (non-hydrogen) atoms. The third kappa shape index (κ3) is 2.94. The van der Waals surface area contributed by atoms with Gasteiger partial charge in [-0.25, -0.2) is 5.84 Å². The normalized spacial score (nSPS) is 24.9. The molecular formula is C22H27N3O2. The second-order valence-electron chi connectivity index (χ2n) is 9.69. The molecule has 0 saturated carbocycles. The highest BCUT2D eigenvalue weighted by atomic mass is 16.1. The molecule has 3 aliphatic rings. The maximum Gasteiger partial charge on any atom is 0.162 e. The minimum Gasteiger partial charge on any atom is -0.294 e. The van der Waals surface area contributed by atoms with Gasteiger partial charge < -0.3 is 0 Å². The quantitative estimate of drug-likeness (QED) is 0.769. The van der Waals surface area contributed by atoms with E-state index in [9.17, 15) is 9.59 Å². The van der Waals surface area contributed by atoms with E-state index < -0.39 is 0 Å². The Kier molecular flexibility index (Phi) is 3.93. The summed E-state index contributed by atoms with van der Waals surface area (Å²) < 4.78 is 0. The summed E-state index contributed by atoms with van der Waals surface area (Å²) in [6.45, 7) is 8.40. The molecule has 0 amide bonds. The third-order valence-electron chi connectivity index (χ3n) is 5.99. The lowest BCUT2D eigenvalue weighted by atomic mass is 9.64. The number of hydrazine groups is 1. The lowest BCUT2D eigenvalue weighted by Crippen LogP contribution is -2.46. The smallest absolute Gasteiger partial charge is 0.162 e. The van der Waals surface area contributed by atoms with Crippen LogP contribution >= 0.6 is 0 Å². The number of aromatic nitrogens is 1. The number of allylic oxidation sites excluding steroid dienone is 4. The van der Waals surface area contributed by atoms with E-state index in [-0.39, 0.29) is 28.3 Å². The van der Waals surface area contributed by atoms with Gasteiger partial charge in [-0.3, -0.25) is 19.6 Å². The molecule has 0 saturated heterocycles. The van der Waals surface area contributed by atoms with Crippen molar-refractivity contribution in [2.75, 3.05) is 0 Å². The summed E-state index contributed by atoms with van der Waals surface area (Å²) in [5, 5.41) is 1.67. The Bertz CT molecular complexity index is 839. The van der Waals surface area contributed by atoms with Gasteiger partial charge in [-0.15, -0.1) is 0 Å². The molecule has 1 aromatic heterocycles. The average molecular weight is 365 g/mol. The van der Waals surface area contributed by atoms with Crippen LogP contribution in [-0.4, -0.2) is 21.6 Å². The monoisotopic (exact) mass is 365 g/mol. The lowest BCUT2D eigenvalue weighted by molar-refractivity contribution is -0.119. The highest BCUT2D eigenvalue weighted by molar-refractivity contribution is 6.06. The number of nitrogens with two attached hydrogens (primary N) is 1. The Morgan fingerprint density at radius 2 is 1.33 bits per heavy atom. The number of nitrogens with zero attached hydrogens (tertiary/aromatic N) is 2. The largest absolute Gasteiger partial charge is 0.294 e. The molecule has 2 heterocycles. The van der Waals surface area contributed by atoms with Crippen LogP contribution in [0.25, 0.3) is 0 Å². The van der Waals surface area contributed by atoms with Crippen molar-refractivity contribution in [2.45, 2.75) is 59.3 Å². The molecule has 0 bridgehead atoms. The van der Waals surface area contributed by atoms with Crippen LogP contribution in [0.5, 0.6) is 0 Å². The second-order valence-corrected chi connectivity index (χ2v) is 9.69. The number of rotatable bonds is 1.